The number of alkyl halides is 3. The van der Waals surface area contributed by atoms with E-state index in [9.17, 15) is 13.2 Å². The van der Waals surface area contributed by atoms with E-state index in [4.69, 9.17) is 10.9 Å². The van der Waals surface area contributed by atoms with Crippen molar-refractivity contribution in [3.8, 4) is 0 Å². The highest BCUT2D eigenvalue weighted by Gasteiger charge is 2.31. The molecule has 0 saturated carbocycles. The Kier molecular flexibility index (Phi) is 5.24. The van der Waals surface area contributed by atoms with E-state index in [-0.39, 0.29) is 12.4 Å². The van der Waals surface area contributed by atoms with Gasteiger partial charge in [-0.25, -0.2) is 0 Å². The second-order valence-electron chi connectivity index (χ2n) is 4.54. The Morgan fingerprint density at radius 3 is 2.55 bits per heavy atom. The highest BCUT2D eigenvalue weighted by Crippen LogP contribution is 2.26. The lowest BCUT2D eigenvalue weighted by atomic mass is 10.1. The number of amidine groups is 1. The molecule has 1 aromatic rings. The van der Waals surface area contributed by atoms with E-state index in [0.29, 0.717) is 17.7 Å². The summed E-state index contributed by atoms with van der Waals surface area (Å²) in [5.74, 6) is -0.202. The molecule has 0 aliphatic heterocycles. The number of hydrogen-bond acceptors (Lipinski definition) is 3. The minimum atomic E-state index is -4.32. The van der Waals surface area contributed by atoms with Crippen LogP contribution in [0.5, 0.6) is 0 Å². The van der Waals surface area contributed by atoms with Gasteiger partial charge in [-0.05, 0) is 25.5 Å². The molecule has 0 aliphatic carbocycles. The number of hydrogen-bond donors (Lipinski definition) is 2. The second-order valence-corrected chi connectivity index (χ2v) is 4.54. The summed E-state index contributed by atoms with van der Waals surface area (Å²) in [6.07, 6.45) is -3.76. The summed E-state index contributed by atoms with van der Waals surface area (Å²) in [5, 5.41) is 11.7. The van der Waals surface area contributed by atoms with E-state index in [2.05, 4.69) is 5.16 Å². The van der Waals surface area contributed by atoms with Gasteiger partial charge in [-0.3, -0.25) is 0 Å². The van der Waals surface area contributed by atoms with Gasteiger partial charge in [0.25, 0.3) is 0 Å². The Balaban J connectivity index is 3.25. The second kappa shape index (κ2) is 6.49. The van der Waals surface area contributed by atoms with E-state index in [1.807, 2.05) is 0 Å². The molecule has 0 amide bonds. The van der Waals surface area contributed by atoms with Crippen LogP contribution in [0.25, 0.3) is 0 Å². The molecule has 0 aromatic heterocycles. The molecule has 3 N–H and O–H groups in total. The number of benzene rings is 1. The molecule has 1 rings (SSSR count). The lowest BCUT2D eigenvalue weighted by Gasteiger charge is -2.27. The molecule has 7 heteroatoms. The molecule has 1 aromatic carbocycles. The van der Waals surface area contributed by atoms with E-state index < -0.39 is 12.7 Å². The van der Waals surface area contributed by atoms with Gasteiger partial charge in [0.2, 0.25) is 0 Å². The quantitative estimate of drug-likeness (QED) is 0.379. The third-order valence-electron chi connectivity index (χ3n) is 2.74. The first kappa shape index (κ1) is 16.1. The highest BCUT2D eigenvalue weighted by atomic mass is 19.4. The van der Waals surface area contributed by atoms with Gasteiger partial charge in [0.1, 0.15) is 6.54 Å². The van der Waals surface area contributed by atoms with Gasteiger partial charge in [-0.15, -0.1) is 0 Å². The van der Waals surface area contributed by atoms with Crippen LogP contribution in [0.15, 0.2) is 23.4 Å². The van der Waals surface area contributed by atoms with Crippen LogP contribution in [0.2, 0.25) is 0 Å². The van der Waals surface area contributed by atoms with Gasteiger partial charge in [0.05, 0.1) is 0 Å². The maximum absolute atomic E-state index is 12.7. The van der Waals surface area contributed by atoms with Crippen molar-refractivity contribution < 1.29 is 18.4 Å². The van der Waals surface area contributed by atoms with Crippen LogP contribution >= 0.6 is 0 Å². The number of rotatable bonds is 5. The van der Waals surface area contributed by atoms with Crippen LogP contribution < -0.4 is 10.6 Å². The van der Waals surface area contributed by atoms with Gasteiger partial charge in [-0.1, -0.05) is 23.7 Å². The number of anilines is 1. The molecule has 0 aliphatic rings. The Morgan fingerprint density at radius 1 is 1.40 bits per heavy atom. The number of halogens is 3. The van der Waals surface area contributed by atoms with Crippen LogP contribution in [0.4, 0.5) is 18.9 Å². The monoisotopic (exact) mass is 289 g/mol. The van der Waals surface area contributed by atoms with Crippen molar-refractivity contribution in [1.29, 1.82) is 0 Å². The van der Waals surface area contributed by atoms with E-state index >= 15 is 0 Å². The van der Waals surface area contributed by atoms with Crippen LogP contribution in [0.1, 0.15) is 24.5 Å². The highest BCUT2D eigenvalue weighted by molar-refractivity contribution is 6.02. The van der Waals surface area contributed by atoms with Crippen LogP contribution in [-0.4, -0.2) is 30.3 Å². The fourth-order valence-electron chi connectivity index (χ4n) is 1.96. The molecule has 0 unspecified atom stereocenters. The lowest BCUT2D eigenvalue weighted by molar-refractivity contribution is -0.119. The average molecular weight is 289 g/mol. The standard InChI is InChI=1S/C13H18F3N3O/c1-3-6-19(8-13(14,15)16)11-5-4-9(2)7-10(11)12(17)18-20/h4-5,7,20H,3,6,8H2,1-2H3,(H2,17,18). The van der Waals surface area contributed by atoms with E-state index in [1.165, 1.54) is 4.90 Å². The van der Waals surface area contributed by atoms with Crippen molar-refractivity contribution in [1.82, 2.24) is 0 Å². The summed E-state index contributed by atoms with van der Waals surface area (Å²) in [5.41, 5.74) is 6.98. The smallest absolute Gasteiger partial charge is 0.405 e. The lowest BCUT2D eigenvalue weighted by Crippen LogP contribution is -2.36. The van der Waals surface area contributed by atoms with Crippen LogP contribution in [-0.2, 0) is 0 Å². The van der Waals surface area contributed by atoms with Crippen molar-refractivity contribution in [3.63, 3.8) is 0 Å². The molecule has 112 valence electrons. The third kappa shape index (κ3) is 4.32. The molecule has 0 bridgehead atoms. The van der Waals surface area contributed by atoms with E-state index in [0.717, 1.165) is 5.56 Å². The summed E-state index contributed by atoms with van der Waals surface area (Å²) in [4.78, 5) is 1.19. The van der Waals surface area contributed by atoms with Gasteiger partial charge in [0, 0.05) is 17.8 Å². The Labute approximate surface area is 115 Å². The summed E-state index contributed by atoms with van der Waals surface area (Å²) in [7, 11) is 0. The van der Waals surface area contributed by atoms with Crippen molar-refractivity contribution in [3.05, 3.63) is 29.3 Å². The topological polar surface area (TPSA) is 61.8 Å². The molecule has 20 heavy (non-hydrogen) atoms. The maximum Gasteiger partial charge on any atom is 0.405 e. The van der Waals surface area contributed by atoms with Crippen molar-refractivity contribution >= 4 is 11.5 Å². The van der Waals surface area contributed by atoms with Crippen molar-refractivity contribution in [2.24, 2.45) is 10.9 Å². The molecule has 4 nitrogen and oxygen atoms in total. The number of nitrogens with two attached hydrogens (primary N) is 1. The zero-order valence-corrected chi connectivity index (χ0v) is 11.4. The number of aryl methyl sites for hydroxylation is 1. The Morgan fingerprint density at radius 2 is 2.05 bits per heavy atom. The first-order valence-electron chi connectivity index (χ1n) is 6.18. The molecule has 0 spiro atoms. The van der Waals surface area contributed by atoms with Gasteiger partial charge in [-0.2, -0.15) is 13.2 Å². The zero-order chi connectivity index (χ0) is 15.3. The van der Waals surface area contributed by atoms with Gasteiger partial charge in [0.15, 0.2) is 5.84 Å². The maximum atomic E-state index is 12.7. The molecular formula is C13H18F3N3O. The van der Waals surface area contributed by atoms with Gasteiger partial charge < -0.3 is 15.8 Å². The summed E-state index contributed by atoms with van der Waals surface area (Å²) in [6, 6.07) is 4.86. The molecule has 0 heterocycles. The summed E-state index contributed by atoms with van der Waals surface area (Å²) in [6.45, 7) is 2.73. The molecule has 0 atom stereocenters. The molecule has 0 fully saturated rings. The molecule has 0 saturated heterocycles. The Bertz CT molecular complexity index is 486. The first-order chi connectivity index (χ1) is 9.28. The Hall–Kier alpha value is -1.92. The molecule has 0 radical (unpaired) electrons. The molecular weight excluding hydrogens is 271 g/mol. The predicted molar refractivity (Wildman–Crippen MR) is 72.2 cm³/mol. The van der Waals surface area contributed by atoms with Crippen LogP contribution in [0.3, 0.4) is 0 Å². The SMILES string of the molecule is CCCN(CC(F)(F)F)c1ccc(C)cc1/C(N)=N/O. The third-order valence-corrected chi connectivity index (χ3v) is 2.74. The fourth-order valence-corrected chi connectivity index (χ4v) is 1.96. The predicted octanol–water partition coefficient (Wildman–Crippen LogP) is 2.87. The van der Waals surface area contributed by atoms with Crippen molar-refractivity contribution in [2.75, 3.05) is 18.0 Å². The normalized spacial score (nSPS) is 12.6. The average Bonchev–Trinajstić information content (AvgIpc) is 2.35. The fraction of sp³-hybridized carbons (Fsp3) is 0.462. The first-order valence-corrected chi connectivity index (χ1v) is 6.18. The largest absolute Gasteiger partial charge is 0.409 e. The summed E-state index contributed by atoms with van der Waals surface area (Å²) >= 11 is 0. The number of nitrogens with zero attached hydrogens (tertiary/aromatic N) is 2. The van der Waals surface area contributed by atoms with Crippen LogP contribution in [0, 0.1) is 6.92 Å². The van der Waals surface area contributed by atoms with Crippen molar-refractivity contribution in [2.45, 2.75) is 26.4 Å². The number of oxime groups is 1. The minimum Gasteiger partial charge on any atom is -0.409 e. The van der Waals surface area contributed by atoms with E-state index in [1.54, 1.807) is 32.0 Å². The zero-order valence-electron chi connectivity index (χ0n) is 11.4. The minimum absolute atomic E-state index is 0.202. The summed E-state index contributed by atoms with van der Waals surface area (Å²) < 4.78 is 38.0. The van der Waals surface area contributed by atoms with Gasteiger partial charge >= 0.3 is 6.18 Å².